The molecule has 0 heterocycles. The number of amides is 1. The lowest BCUT2D eigenvalue weighted by molar-refractivity contribution is 0.0952. The third kappa shape index (κ3) is 3.83. The van der Waals surface area contributed by atoms with Gasteiger partial charge in [0.05, 0.1) is 11.3 Å². The van der Waals surface area contributed by atoms with Gasteiger partial charge in [-0.1, -0.05) is 42.8 Å². The van der Waals surface area contributed by atoms with Crippen molar-refractivity contribution in [1.29, 1.82) is 0 Å². The lowest BCUT2D eigenvalue weighted by Crippen LogP contribution is -2.20. The van der Waals surface area contributed by atoms with E-state index in [9.17, 15) is 9.90 Å². The van der Waals surface area contributed by atoms with E-state index >= 15 is 0 Å². The lowest BCUT2D eigenvalue weighted by atomic mass is 10.1. The molecule has 0 unspecified atom stereocenters. The number of phenols is 1. The Morgan fingerprint density at radius 1 is 1.19 bits per heavy atom. The highest BCUT2D eigenvalue weighted by atomic mass is 35.5. The molecule has 0 fully saturated rings. The molecule has 21 heavy (non-hydrogen) atoms. The van der Waals surface area contributed by atoms with Crippen molar-refractivity contribution in [3.05, 3.63) is 64.7 Å². The predicted molar refractivity (Wildman–Crippen MR) is 83.9 cm³/mol. The van der Waals surface area contributed by atoms with Crippen LogP contribution in [0.25, 0.3) is 0 Å². The van der Waals surface area contributed by atoms with E-state index in [0.717, 1.165) is 11.3 Å². The first-order chi connectivity index (χ1) is 10.1. The van der Waals surface area contributed by atoms with Gasteiger partial charge in [-0.05, 0) is 36.2 Å². The standard InChI is InChI=1S/C16H15ClN2O2/c1-2-14(11-7-9-12(17)10-8-11)18-19-16(21)13-5-3-4-6-15(13)20/h3-10,20H,2H2,1H3,(H,19,21)/b18-14+. The SMILES string of the molecule is CC/C(=N\NC(=O)c1ccccc1O)c1ccc(Cl)cc1. The first-order valence-electron chi connectivity index (χ1n) is 6.52. The van der Waals surface area contributed by atoms with E-state index in [2.05, 4.69) is 10.5 Å². The molecule has 0 aliphatic heterocycles. The number of nitrogens with zero attached hydrogens (tertiary/aromatic N) is 1. The van der Waals surface area contributed by atoms with Gasteiger partial charge in [-0.3, -0.25) is 4.79 Å². The third-order valence-corrected chi connectivity index (χ3v) is 3.21. The van der Waals surface area contributed by atoms with Crippen LogP contribution >= 0.6 is 11.6 Å². The fourth-order valence-corrected chi connectivity index (χ4v) is 1.96. The molecule has 0 aliphatic carbocycles. The van der Waals surface area contributed by atoms with Crippen molar-refractivity contribution in [3.63, 3.8) is 0 Å². The largest absolute Gasteiger partial charge is 0.507 e. The smallest absolute Gasteiger partial charge is 0.275 e. The minimum atomic E-state index is -0.451. The molecule has 2 aromatic rings. The fourth-order valence-electron chi connectivity index (χ4n) is 1.83. The van der Waals surface area contributed by atoms with E-state index in [1.165, 1.54) is 12.1 Å². The summed E-state index contributed by atoms with van der Waals surface area (Å²) < 4.78 is 0. The van der Waals surface area contributed by atoms with Crippen molar-refractivity contribution in [2.24, 2.45) is 5.10 Å². The van der Waals surface area contributed by atoms with Gasteiger partial charge in [0, 0.05) is 5.02 Å². The summed E-state index contributed by atoms with van der Waals surface area (Å²) in [6.45, 7) is 1.94. The van der Waals surface area contributed by atoms with Crippen molar-refractivity contribution in [1.82, 2.24) is 5.43 Å². The highest BCUT2D eigenvalue weighted by Gasteiger charge is 2.10. The summed E-state index contributed by atoms with van der Waals surface area (Å²) in [7, 11) is 0. The number of rotatable bonds is 4. The van der Waals surface area contributed by atoms with Gasteiger partial charge in [0.1, 0.15) is 5.75 Å². The Kier molecular flexibility index (Phi) is 4.95. The quantitative estimate of drug-likeness (QED) is 0.669. The van der Waals surface area contributed by atoms with E-state index in [1.807, 2.05) is 19.1 Å². The number of halogens is 1. The molecular formula is C16H15ClN2O2. The third-order valence-electron chi connectivity index (χ3n) is 2.95. The van der Waals surface area contributed by atoms with Crippen LogP contribution in [0.3, 0.4) is 0 Å². The van der Waals surface area contributed by atoms with Gasteiger partial charge < -0.3 is 5.11 Å². The second-order valence-corrected chi connectivity index (χ2v) is 4.81. The van der Waals surface area contributed by atoms with Crippen LogP contribution in [-0.2, 0) is 0 Å². The van der Waals surface area contributed by atoms with Crippen LogP contribution in [0.1, 0.15) is 29.3 Å². The molecule has 2 aromatic carbocycles. The van der Waals surface area contributed by atoms with Gasteiger partial charge in [0.25, 0.3) is 5.91 Å². The summed E-state index contributed by atoms with van der Waals surface area (Å²) >= 11 is 5.85. The Morgan fingerprint density at radius 2 is 1.86 bits per heavy atom. The van der Waals surface area contributed by atoms with Crippen LogP contribution in [0.5, 0.6) is 5.75 Å². The zero-order valence-corrected chi connectivity index (χ0v) is 12.3. The van der Waals surface area contributed by atoms with E-state index in [0.29, 0.717) is 11.4 Å². The maximum atomic E-state index is 12.0. The number of nitrogens with one attached hydrogen (secondary N) is 1. The minimum absolute atomic E-state index is 0.0743. The molecule has 4 nitrogen and oxygen atoms in total. The predicted octanol–water partition coefficient (Wildman–Crippen LogP) is 3.59. The van der Waals surface area contributed by atoms with Crippen LogP contribution in [0, 0.1) is 0 Å². The van der Waals surface area contributed by atoms with Gasteiger partial charge in [0.15, 0.2) is 0 Å². The molecule has 2 N–H and O–H groups in total. The number of hydrogen-bond acceptors (Lipinski definition) is 3. The van der Waals surface area contributed by atoms with E-state index in [1.54, 1.807) is 24.3 Å². The van der Waals surface area contributed by atoms with Gasteiger partial charge in [0.2, 0.25) is 0 Å². The molecule has 5 heteroatoms. The summed E-state index contributed by atoms with van der Waals surface area (Å²) in [5.41, 5.74) is 4.27. The van der Waals surface area contributed by atoms with E-state index in [-0.39, 0.29) is 11.3 Å². The molecule has 0 aromatic heterocycles. The highest BCUT2D eigenvalue weighted by Crippen LogP contribution is 2.15. The van der Waals surface area contributed by atoms with E-state index in [4.69, 9.17) is 11.6 Å². The number of carbonyl (C=O) groups is 1. The molecule has 2 rings (SSSR count). The normalized spacial score (nSPS) is 11.2. The highest BCUT2D eigenvalue weighted by molar-refractivity contribution is 6.30. The average Bonchev–Trinajstić information content (AvgIpc) is 2.49. The van der Waals surface area contributed by atoms with Gasteiger partial charge >= 0.3 is 0 Å². The number of phenolic OH excluding ortho intramolecular Hbond substituents is 1. The van der Waals surface area contributed by atoms with Gasteiger partial charge in [-0.2, -0.15) is 5.10 Å². The van der Waals surface area contributed by atoms with Crippen molar-refractivity contribution < 1.29 is 9.90 Å². The van der Waals surface area contributed by atoms with Gasteiger partial charge in [-0.15, -0.1) is 0 Å². The molecular weight excluding hydrogens is 288 g/mol. The molecule has 0 atom stereocenters. The minimum Gasteiger partial charge on any atom is -0.507 e. The molecule has 0 bridgehead atoms. The van der Waals surface area contributed by atoms with Gasteiger partial charge in [-0.25, -0.2) is 5.43 Å². The summed E-state index contributed by atoms with van der Waals surface area (Å²) in [6, 6.07) is 13.6. The van der Waals surface area contributed by atoms with Crippen LogP contribution in [0.4, 0.5) is 0 Å². The number of benzene rings is 2. The number of hydrazone groups is 1. The molecule has 0 radical (unpaired) electrons. The monoisotopic (exact) mass is 302 g/mol. The Hall–Kier alpha value is -2.33. The van der Waals surface area contributed by atoms with Crippen LogP contribution in [-0.4, -0.2) is 16.7 Å². The number of para-hydroxylation sites is 1. The first-order valence-corrected chi connectivity index (χ1v) is 6.90. The summed E-state index contributed by atoms with van der Waals surface area (Å²) in [6.07, 6.45) is 0.655. The average molecular weight is 303 g/mol. The van der Waals surface area contributed by atoms with Crippen molar-refractivity contribution in [2.75, 3.05) is 0 Å². The zero-order valence-electron chi connectivity index (χ0n) is 11.5. The summed E-state index contributed by atoms with van der Waals surface area (Å²) in [5.74, 6) is -0.525. The number of aromatic hydroxyl groups is 1. The second-order valence-electron chi connectivity index (χ2n) is 4.38. The molecule has 1 amide bonds. The van der Waals surface area contributed by atoms with E-state index < -0.39 is 5.91 Å². The van der Waals surface area contributed by atoms with Crippen LogP contribution < -0.4 is 5.43 Å². The molecule has 0 saturated carbocycles. The fraction of sp³-hybridized carbons (Fsp3) is 0.125. The Bertz CT molecular complexity index is 666. The van der Waals surface area contributed by atoms with Crippen LogP contribution in [0.15, 0.2) is 53.6 Å². The first kappa shape index (κ1) is 15.1. The Balaban J connectivity index is 2.16. The van der Waals surface area contributed by atoms with Crippen LogP contribution in [0.2, 0.25) is 5.02 Å². The maximum Gasteiger partial charge on any atom is 0.275 e. The second kappa shape index (κ2) is 6.90. The molecule has 108 valence electrons. The number of hydrogen-bond donors (Lipinski definition) is 2. The Labute approximate surface area is 128 Å². The molecule has 0 aliphatic rings. The molecule has 0 spiro atoms. The van der Waals surface area contributed by atoms with Crippen molar-refractivity contribution >= 4 is 23.2 Å². The Morgan fingerprint density at radius 3 is 2.48 bits per heavy atom. The zero-order chi connectivity index (χ0) is 15.2. The maximum absolute atomic E-state index is 12.0. The van der Waals surface area contributed by atoms with Crippen molar-refractivity contribution in [3.8, 4) is 5.75 Å². The number of carbonyl (C=O) groups excluding carboxylic acids is 1. The topological polar surface area (TPSA) is 61.7 Å². The summed E-state index contributed by atoms with van der Waals surface area (Å²) in [5, 5.41) is 14.4. The van der Waals surface area contributed by atoms with Crippen molar-refractivity contribution in [2.45, 2.75) is 13.3 Å². The molecule has 0 saturated heterocycles. The lowest BCUT2D eigenvalue weighted by Gasteiger charge is -2.06. The summed E-state index contributed by atoms with van der Waals surface area (Å²) in [4.78, 5) is 12.0.